The predicted octanol–water partition coefficient (Wildman–Crippen LogP) is 4.92. The van der Waals surface area contributed by atoms with E-state index < -0.39 is 6.17 Å². The number of rotatable bonds is 5. The first-order valence-electron chi connectivity index (χ1n) is 11.5. The molecule has 0 aliphatic carbocycles. The number of nitrogens with one attached hydrogen (secondary N) is 1. The highest BCUT2D eigenvalue weighted by molar-refractivity contribution is 8.13. The summed E-state index contributed by atoms with van der Waals surface area (Å²) in [5.74, 6) is 1.01. The lowest BCUT2D eigenvalue weighted by molar-refractivity contribution is 0.432. The maximum Gasteiger partial charge on any atom is 0.189 e. The number of aromatic hydroxyl groups is 2. The number of hydrazone groups is 1. The molecule has 0 bridgehead atoms. The number of aromatic nitrogens is 1. The highest BCUT2D eigenvalue weighted by Gasteiger charge is 2.34. The van der Waals surface area contributed by atoms with Crippen molar-refractivity contribution in [2.24, 2.45) is 5.10 Å². The van der Waals surface area contributed by atoms with Crippen LogP contribution in [0.3, 0.4) is 0 Å². The predicted molar refractivity (Wildman–Crippen MR) is 139 cm³/mol. The van der Waals surface area contributed by atoms with Crippen LogP contribution in [0.4, 0.5) is 11.4 Å². The third-order valence-electron chi connectivity index (χ3n) is 6.43. The third-order valence-corrected chi connectivity index (χ3v) is 7.45. The summed E-state index contributed by atoms with van der Waals surface area (Å²) < 4.78 is 0. The van der Waals surface area contributed by atoms with Gasteiger partial charge in [-0.1, -0.05) is 25.6 Å². The summed E-state index contributed by atoms with van der Waals surface area (Å²) in [5.41, 5.74) is 9.46. The number of amidine groups is 1. The molecule has 7 nitrogen and oxygen atoms in total. The van der Waals surface area contributed by atoms with Gasteiger partial charge in [0.1, 0.15) is 11.5 Å². The first kappa shape index (κ1) is 22.4. The average Bonchev–Trinajstić information content (AvgIpc) is 3.41. The largest absolute Gasteiger partial charge is 0.508 e. The van der Waals surface area contributed by atoms with E-state index in [0.717, 1.165) is 40.7 Å². The summed E-state index contributed by atoms with van der Waals surface area (Å²) >= 11 is 1.64. The minimum Gasteiger partial charge on any atom is -0.508 e. The molecule has 2 aliphatic heterocycles. The van der Waals surface area contributed by atoms with Crippen LogP contribution in [-0.2, 0) is 12.2 Å². The second-order valence-corrected chi connectivity index (χ2v) is 9.99. The van der Waals surface area contributed by atoms with Gasteiger partial charge in [0.2, 0.25) is 0 Å². The first-order valence-corrected chi connectivity index (χ1v) is 12.4. The summed E-state index contributed by atoms with van der Waals surface area (Å²) in [4.78, 5) is 8.51. The first-order chi connectivity index (χ1) is 16.4. The standard InChI is InChI=1S/C26H29N5O2S/c1-16(2)20-13-21(24(33)14-23(20)32)25-28-29-26(34-15-17-6-9-27-10-7-17)31(25)19-4-5-22-18(12-19)8-11-30(22)3/h4-7,9-10,12-14,16,25,28,32-33H,8,11,15H2,1-3H3. The molecular weight excluding hydrogens is 446 g/mol. The van der Waals surface area contributed by atoms with Crippen LogP contribution < -0.4 is 15.2 Å². The molecule has 2 aromatic carbocycles. The smallest absolute Gasteiger partial charge is 0.189 e. The molecule has 3 aromatic rings. The molecule has 3 N–H and O–H groups in total. The Morgan fingerprint density at radius 3 is 2.65 bits per heavy atom. The van der Waals surface area contributed by atoms with Crippen LogP contribution >= 0.6 is 11.8 Å². The lowest BCUT2D eigenvalue weighted by Crippen LogP contribution is -2.32. The zero-order valence-electron chi connectivity index (χ0n) is 19.6. The summed E-state index contributed by atoms with van der Waals surface area (Å²) in [6, 6.07) is 13.8. The number of benzene rings is 2. The van der Waals surface area contributed by atoms with Crippen LogP contribution in [0.15, 0.2) is 60.0 Å². The van der Waals surface area contributed by atoms with E-state index in [1.807, 2.05) is 32.0 Å². The molecular formula is C26H29N5O2S. The van der Waals surface area contributed by atoms with Crippen molar-refractivity contribution in [1.82, 2.24) is 10.4 Å². The van der Waals surface area contributed by atoms with Crippen LogP contribution in [0.5, 0.6) is 11.5 Å². The Hall–Kier alpha value is -3.39. The monoisotopic (exact) mass is 475 g/mol. The lowest BCUT2D eigenvalue weighted by atomic mass is 9.97. The molecule has 0 radical (unpaired) electrons. The van der Waals surface area contributed by atoms with Gasteiger partial charge in [-0.3, -0.25) is 15.3 Å². The number of phenolic OH excluding ortho intramolecular Hbond substituents is 2. The molecule has 0 amide bonds. The summed E-state index contributed by atoms with van der Waals surface area (Å²) in [5, 5.41) is 26.7. The number of fused-ring (bicyclic) bond motifs is 1. The zero-order valence-corrected chi connectivity index (χ0v) is 20.4. The fourth-order valence-electron chi connectivity index (χ4n) is 4.53. The highest BCUT2D eigenvalue weighted by Crippen LogP contribution is 2.42. The van der Waals surface area contributed by atoms with Gasteiger partial charge in [-0.25, -0.2) is 0 Å². The molecule has 8 heteroatoms. The van der Waals surface area contributed by atoms with Crippen molar-refractivity contribution in [1.29, 1.82) is 0 Å². The van der Waals surface area contributed by atoms with Crippen LogP contribution in [0.25, 0.3) is 0 Å². The number of nitrogens with zero attached hydrogens (tertiary/aromatic N) is 4. The lowest BCUT2D eigenvalue weighted by Gasteiger charge is -2.29. The number of thioether (sulfide) groups is 1. The molecule has 3 heterocycles. The van der Waals surface area contributed by atoms with Crippen molar-refractivity contribution in [3.05, 3.63) is 77.1 Å². The minimum absolute atomic E-state index is 0.0425. The van der Waals surface area contributed by atoms with Crippen molar-refractivity contribution in [3.8, 4) is 11.5 Å². The van der Waals surface area contributed by atoms with E-state index in [1.165, 1.54) is 17.3 Å². The van der Waals surface area contributed by atoms with E-state index >= 15 is 0 Å². The number of phenols is 2. The molecule has 1 aromatic heterocycles. The number of hydrogen-bond acceptors (Lipinski definition) is 8. The molecule has 1 unspecified atom stereocenters. The van der Waals surface area contributed by atoms with Gasteiger partial charge in [-0.2, -0.15) is 5.10 Å². The molecule has 1 atom stereocenters. The Morgan fingerprint density at radius 2 is 1.88 bits per heavy atom. The van der Waals surface area contributed by atoms with E-state index in [1.54, 1.807) is 24.2 Å². The fraction of sp³-hybridized carbons (Fsp3) is 0.308. The van der Waals surface area contributed by atoms with E-state index in [2.05, 4.69) is 50.6 Å². The van der Waals surface area contributed by atoms with E-state index in [4.69, 9.17) is 0 Å². The van der Waals surface area contributed by atoms with Crippen molar-refractivity contribution in [2.75, 3.05) is 23.4 Å². The van der Waals surface area contributed by atoms with Crippen molar-refractivity contribution >= 4 is 28.3 Å². The van der Waals surface area contributed by atoms with Crippen molar-refractivity contribution in [2.45, 2.75) is 38.1 Å². The number of anilines is 2. The Labute approximate surface area is 204 Å². The Balaban J connectivity index is 1.53. The van der Waals surface area contributed by atoms with E-state index in [0.29, 0.717) is 5.56 Å². The highest BCUT2D eigenvalue weighted by atomic mass is 32.2. The normalized spacial score (nSPS) is 17.2. The van der Waals surface area contributed by atoms with Crippen molar-refractivity contribution in [3.63, 3.8) is 0 Å². The van der Waals surface area contributed by atoms with Crippen LogP contribution in [0.1, 0.15) is 48.2 Å². The van der Waals surface area contributed by atoms with Gasteiger partial charge < -0.3 is 15.1 Å². The molecule has 0 saturated heterocycles. The minimum atomic E-state index is -0.393. The molecule has 34 heavy (non-hydrogen) atoms. The van der Waals surface area contributed by atoms with Gasteiger partial charge in [-0.15, -0.1) is 0 Å². The quantitative estimate of drug-likeness (QED) is 0.483. The molecule has 176 valence electrons. The number of pyridine rings is 1. The SMILES string of the molecule is CC(C)c1cc(C2NN=C(SCc3ccncc3)N2c2ccc3c(c2)CCN3C)c(O)cc1O. The zero-order chi connectivity index (χ0) is 23.8. The molecule has 2 aliphatic rings. The Bertz CT molecular complexity index is 1230. The summed E-state index contributed by atoms with van der Waals surface area (Å²) in [7, 11) is 2.12. The Kier molecular flexibility index (Phi) is 6.00. The summed E-state index contributed by atoms with van der Waals surface area (Å²) in [6.07, 6.45) is 4.20. The van der Waals surface area contributed by atoms with E-state index in [-0.39, 0.29) is 17.4 Å². The second-order valence-electron chi connectivity index (χ2n) is 9.05. The topological polar surface area (TPSA) is 84.2 Å². The van der Waals surface area contributed by atoms with Gasteiger partial charge in [-0.05, 0) is 65.4 Å². The maximum atomic E-state index is 10.8. The average molecular weight is 476 g/mol. The number of likely N-dealkylation sites (N-methyl/N-ethyl adjacent to an activating group) is 1. The number of hydrogen-bond donors (Lipinski definition) is 3. The Morgan fingerprint density at radius 1 is 1.09 bits per heavy atom. The molecule has 0 spiro atoms. The van der Waals surface area contributed by atoms with Gasteiger partial charge in [0.05, 0.1) is 0 Å². The van der Waals surface area contributed by atoms with Crippen LogP contribution in [0, 0.1) is 0 Å². The summed E-state index contributed by atoms with van der Waals surface area (Å²) in [6.45, 7) is 5.06. The maximum absolute atomic E-state index is 10.8. The molecule has 0 fully saturated rings. The van der Waals surface area contributed by atoms with Gasteiger partial charge in [0.25, 0.3) is 0 Å². The second kappa shape index (κ2) is 9.10. The van der Waals surface area contributed by atoms with Crippen LogP contribution in [0.2, 0.25) is 0 Å². The van der Waals surface area contributed by atoms with Gasteiger partial charge in [0.15, 0.2) is 11.3 Å². The van der Waals surface area contributed by atoms with Crippen molar-refractivity contribution < 1.29 is 10.2 Å². The molecule has 5 rings (SSSR count). The fourth-order valence-corrected chi connectivity index (χ4v) is 5.49. The van der Waals surface area contributed by atoms with Gasteiger partial charge >= 0.3 is 0 Å². The molecule has 0 saturated carbocycles. The van der Waals surface area contributed by atoms with Crippen LogP contribution in [-0.4, -0.2) is 34.0 Å². The third kappa shape index (κ3) is 4.14. The van der Waals surface area contributed by atoms with Gasteiger partial charge in [0, 0.05) is 54.7 Å². The van der Waals surface area contributed by atoms with E-state index in [9.17, 15) is 10.2 Å².